The molecule has 0 aromatic carbocycles. The average Bonchev–Trinajstić information content (AvgIpc) is 1.93. The molecule has 0 N–H and O–H groups in total. The molecule has 0 aliphatic carbocycles. The van der Waals surface area contributed by atoms with Crippen molar-refractivity contribution in [2.75, 3.05) is 0 Å². The predicted octanol–water partition coefficient (Wildman–Crippen LogP) is 3.35. The molecular formula is C12H27O4SiTi. The van der Waals surface area contributed by atoms with Crippen LogP contribution in [0.3, 0.4) is 0 Å². The van der Waals surface area contributed by atoms with Crippen LogP contribution in [0.4, 0.5) is 0 Å². The molecule has 0 heterocycles. The maximum atomic E-state index is 6.00. The Kier molecular flexibility index (Phi) is 6.30. The first-order chi connectivity index (χ1) is 7.68. The van der Waals surface area contributed by atoms with Crippen LogP contribution in [-0.2, 0) is 37.1 Å². The van der Waals surface area contributed by atoms with Gasteiger partial charge in [0, 0.05) is 0 Å². The van der Waals surface area contributed by atoms with Gasteiger partial charge in [-0.25, -0.2) is 0 Å². The molecule has 0 atom stereocenters. The molecule has 0 aromatic rings. The Bertz CT molecular complexity index is 222. The van der Waals surface area contributed by atoms with Crippen molar-refractivity contribution in [3.8, 4) is 0 Å². The van der Waals surface area contributed by atoms with Crippen LogP contribution < -0.4 is 0 Å². The van der Waals surface area contributed by atoms with E-state index in [-0.39, 0.29) is 0 Å². The van der Waals surface area contributed by atoms with Crippen molar-refractivity contribution < 1.29 is 37.1 Å². The molecule has 0 fully saturated rings. The Balaban J connectivity index is 5.20. The molecule has 0 rings (SSSR count). The molecule has 0 unspecified atom stereocenters. The summed E-state index contributed by atoms with van der Waals surface area (Å²) < 4.78 is 23.5. The second-order valence-electron chi connectivity index (χ2n) is 7.25. The van der Waals surface area contributed by atoms with E-state index < -0.39 is 25.9 Å². The van der Waals surface area contributed by atoms with Crippen LogP contribution in [-0.4, -0.2) is 25.9 Å². The molecule has 4 nitrogen and oxygen atoms in total. The van der Waals surface area contributed by atoms with E-state index >= 15 is 0 Å². The van der Waals surface area contributed by atoms with Gasteiger partial charge in [-0.1, -0.05) is 0 Å². The van der Waals surface area contributed by atoms with E-state index in [1.54, 1.807) is 20.8 Å². The molecule has 0 saturated heterocycles. The zero-order valence-electron chi connectivity index (χ0n) is 13.1. The maximum absolute atomic E-state index is 6.00. The Hall–Kier alpha value is 0.771. The predicted molar refractivity (Wildman–Crippen MR) is 69.4 cm³/mol. The van der Waals surface area contributed by atoms with Crippen LogP contribution in [0.25, 0.3) is 0 Å². The molecule has 0 radical (unpaired) electrons. The number of hydrogen-bond donors (Lipinski definition) is 0. The van der Waals surface area contributed by atoms with Crippen molar-refractivity contribution in [3.63, 3.8) is 0 Å². The summed E-state index contributed by atoms with van der Waals surface area (Å²) in [5, 5.41) is 0. The summed E-state index contributed by atoms with van der Waals surface area (Å²) >= 11 is 1.58. The molecule has 0 spiro atoms. The number of rotatable bonds is 4. The van der Waals surface area contributed by atoms with Gasteiger partial charge in [-0.2, -0.15) is 0 Å². The molecule has 0 aromatic heterocycles. The molecule has 0 bridgehead atoms. The monoisotopic (exact) mass is 311 g/mol. The fourth-order valence-corrected chi connectivity index (χ4v) is 4.34. The summed E-state index contributed by atoms with van der Waals surface area (Å²) in [5.74, 6) is 0. The Morgan fingerprint density at radius 2 is 0.833 bits per heavy atom. The van der Waals surface area contributed by atoms with E-state index in [2.05, 4.69) is 0 Å². The fraction of sp³-hybridized carbons (Fsp3) is 1.00. The van der Waals surface area contributed by atoms with Crippen molar-refractivity contribution in [1.29, 1.82) is 0 Å². The molecular weight excluding hydrogens is 284 g/mol. The third-order valence-corrected chi connectivity index (χ3v) is 5.43. The molecule has 0 aliphatic rings. The van der Waals surface area contributed by atoms with Gasteiger partial charge in [0.15, 0.2) is 0 Å². The fourth-order valence-electron chi connectivity index (χ4n) is 1.25. The molecule has 0 aliphatic heterocycles. The molecule has 107 valence electrons. The summed E-state index contributed by atoms with van der Waals surface area (Å²) in [6.45, 7) is 17.7. The van der Waals surface area contributed by atoms with Gasteiger partial charge in [0.05, 0.1) is 0 Å². The standard InChI is InChI=1S/C12H27O4Si.Ti/c1-10(2,3)14-17(13,15-11(4,5)6)16-12(7,8)9;/h1-9H3;/q-1;+1. The first kappa shape index (κ1) is 18.8. The molecule has 6 heteroatoms. The second kappa shape index (κ2) is 6.04. The third kappa shape index (κ3) is 8.80. The van der Waals surface area contributed by atoms with Crippen molar-refractivity contribution in [1.82, 2.24) is 0 Å². The Morgan fingerprint density at radius 3 is 0.944 bits per heavy atom. The molecule has 0 amide bonds. The van der Waals surface area contributed by atoms with Gasteiger partial charge >= 0.3 is 125 Å². The van der Waals surface area contributed by atoms with Gasteiger partial charge in [0.25, 0.3) is 0 Å². The summed E-state index contributed by atoms with van der Waals surface area (Å²) in [7, 11) is -3.18. The van der Waals surface area contributed by atoms with Gasteiger partial charge < -0.3 is 0 Å². The van der Waals surface area contributed by atoms with E-state index in [9.17, 15) is 0 Å². The topological polar surface area (TPSA) is 36.9 Å². The van der Waals surface area contributed by atoms with Gasteiger partial charge in [0.1, 0.15) is 0 Å². The average molecular weight is 311 g/mol. The van der Waals surface area contributed by atoms with Gasteiger partial charge in [-0.15, -0.1) is 0 Å². The van der Waals surface area contributed by atoms with Crippen LogP contribution in [0.15, 0.2) is 0 Å². The first-order valence-corrected chi connectivity index (χ1v) is 8.40. The summed E-state index contributed by atoms with van der Waals surface area (Å²) in [4.78, 5) is 0. The van der Waals surface area contributed by atoms with E-state index in [1.165, 1.54) is 0 Å². The van der Waals surface area contributed by atoms with Crippen LogP contribution in [0.2, 0.25) is 0 Å². The normalized spacial score (nSPS) is 14.9. The van der Waals surface area contributed by atoms with Gasteiger partial charge in [-0.05, 0) is 0 Å². The minimum absolute atomic E-state index is 0.390. The third-order valence-electron chi connectivity index (χ3n) is 1.42. The summed E-state index contributed by atoms with van der Waals surface area (Å²) in [5.41, 5.74) is -1.17. The molecule has 0 saturated carbocycles. The Morgan fingerprint density at radius 1 is 0.611 bits per heavy atom. The quantitative estimate of drug-likeness (QED) is 0.746. The second-order valence-corrected chi connectivity index (χ2v) is 10.0. The van der Waals surface area contributed by atoms with Crippen molar-refractivity contribution in [2.45, 2.75) is 79.1 Å². The molecule has 18 heavy (non-hydrogen) atoms. The van der Waals surface area contributed by atoms with Crippen molar-refractivity contribution in [2.24, 2.45) is 0 Å². The SMILES string of the molecule is CC(C)(C)O[Si]([O][Ti])(OC(C)(C)C)OC(C)(C)C. The first-order valence-electron chi connectivity index (χ1n) is 6.13. The Labute approximate surface area is 125 Å². The zero-order valence-corrected chi connectivity index (χ0v) is 15.7. The van der Waals surface area contributed by atoms with Crippen molar-refractivity contribution >= 4 is 9.05 Å². The number of hydrogen-bond acceptors (Lipinski definition) is 4. The zero-order chi connectivity index (χ0) is 14.8. The van der Waals surface area contributed by atoms with Gasteiger partial charge in [-0.3, -0.25) is 0 Å². The minimum atomic E-state index is -3.18. The van der Waals surface area contributed by atoms with Crippen LogP contribution in [0, 0.1) is 0 Å². The van der Waals surface area contributed by atoms with E-state index in [1.807, 2.05) is 62.3 Å². The van der Waals surface area contributed by atoms with Crippen molar-refractivity contribution in [3.05, 3.63) is 0 Å². The van der Waals surface area contributed by atoms with Crippen LogP contribution >= 0.6 is 0 Å². The van der Waals surface area contributed by atoms with Crippen LogP contribution in [0.1, 0.15) is 62.3 Å². The summed E-state index contributed by atoms with van der Waals surface area (Å²) in [6, 6.07) is 0. The van der Waals surface area contributed by atoms with Crippen LogP contribution in [0.5, 0.6) is 0 Å². The summed E-state index contributed by atoms with van der Waals surface area (Å²) in [6.07, 6.45) is 0. The van der Waals surface area contributed by atoms with Gasteiger partial charge in [0.2, 0.25) is 0 Å². The van der Waals surface area contributed by atoms with E-state index in [4.69, 9.17) is 16.3 Å². The van der Waals surface area contributed by atoms with E-state index in [0.717, 1.165) is 0 Å². The van der Waals surface area contributed by atoms with E-state index in [0.29, 0.717) is 0 Å².